The van der Waals surface area contributed by atoms with Gasteiger partial charge in [-0.05, 0) is 38.7 Å². The van der Waals surface area contributed by atoms with Gasteiger partial charge in [0.2, 0.25) is 0 Å². The van der Waals surface area contributed by atoms with E-state index in [9.17, 15) is 9.90 Å². The van der Waals surface area contributed by atoms with Gasteiger partial charge in [0.1, 0.15) is 0 Å². The molecule has 1 saturated heterocycles. The predicted molar refractivity (Wildman–Crippen MR) is 106 cm³/mol. The number of amides is 1. The average Bonchev–Trinajstić information content (AvgIpc) is 3.13. The van der Waals surface area contributed by atoms with Crippen molar-refractivity contribution < 1.29 is 14.6 Å². The van der Waals surface area contributed by atoms with Gasteiger partial charge in [-0.25, -0.2) is 0 Å². The molecule has 6 heteroatoms. The van der Waals surface area contributed by atoms with Crippen LogP contribution in [0.4, 0.5) is 0 Å². The van der Waals surface area contributed by atoms with Crippen molar-refractivity contribution in [2.75, 3.05) is 19.7 Å². The van der Waals surface area contributed by atoms with E-state index in [2.05, 4.69) is 22.3 Å². The molecule has 2 aliphatic rings. The van der Waals surface area contributed by atoms with Gasteiger partial charge in [-0.15, -0.1) is 0 Å². The van der Waals surface area contributed by atoms with Gasteiger partial charge in [0.05, 0.1) is 17.9 Å². The zero-order valence-corrected chi connectivity index (χ0v) is 16.6. The van der Waals surface area contributed by atoms with Gasteiger partial charge < -0.3 is 14.7 Å². The molecule has 3 heterocycles. The first-order chi connectivity index (χ1) is 13.5. The number of piperidine rings is 1. The third kappa shape index (κ3) is 3.59. The number of hydrogen-bond donors (Lipinski definition) is 2. The standard InChI is InChI=1S/C22H29N3O3/c1-15-12-18-19(16(2)28-15)23-24-20(18)21(27)25-10-8-22(14-26,9-11-25)13-17-6-4-3-5-7-17/h3-7,15-16,26H,8-14H2,1-2H3,(H,23,24)/t15-,16+/m1/s1. The van der Waals surface area contributed by atoms with Gasteiger partial charge >= 0.3 is 0 Å². The molecule has 2 aromatic rings. The van der Waals surface area contributed by atoms with Gasteiger partial charge in [0, 0.05) is 37.1 Å². The van der Waals surface area contributed by atoms with E-state index in [-0.39, 0.29) is 30.1 Å². The Morgan fingerprint density at radius 1 is 1.29 bits per heavy atom. The van der Waals surface area contributed by atoms with Crippen LogP contribution in [-0.4, -0.2) is 51.9 Å². The Balaban J connectivity index is 1.46. The van der Waals surface area contributed by atoms with Gasteiger partial charge in [0.25, 0.3) is 5.91 Å². The molecule has 28 heavy (non-hydrogen) atoms. The van der Waals surface area contributed by atoms with Crippen LogP contribution in [0.2, 0.25) is 0 Å². The highest BCUT2D eigenvalue weighted by molar-refractivity contribution is 5.94. The number of aromatic nitrogens is 2. The summed E-state index contributed by atoms with van der Waals surface area (Å²) < 4.78 is 5.83. The third-order valence-corrected chi connectivity index (χ3v) is 6.30. The first-order valence-corrected chi connectivity index (χ1v) is 10.2. The monoisotopic (exact) mass is 383 g/mol. The van der Waals surface area contributed by atoms with Crippen molar-refractivity contribution in [3.05, 3.63) is 52.8 Å². The summed E-state index contributed by atoms with van der Waals surface area (Å²) in [6.45, 7) is 5.46. The number of carbonyl (C=O) groups is 1. The summed E-state index contributed by atoms with van der Waals surface area (Å²) >= 11 is 0. The minimum absolute atomic E-state index is 0.00921. The summed E-state index contributed by atoms with van der Waals surface area (Å²) in [4.78, 5) is 15.0. The number of hydrogen-bond acceptors (Lipinski definition) is 4. The highest BCUT2D eigenvalue weighted by Gasteiger charge is 2.38. The van der Waals surface area contributed by atoms with E-state index in [4.69, 9.17) is 4.74 Å². The van der Waals surface area contributed by atoms with E-state index in [0.717, 1.165) is 30.5 Å². The number of carbonyl (C=O) groups excluding carboxylic acids is 1. The maximum Gasteiger partial charge on any atom is 0.274 e. The Labute approximate surface area is 165 Å². The zero-order chi connectivity index (χ0) is 19.7. The largest absolute Gasteiger partial charge is 0.396 e. The number of aliphatic hydroxyl groups excluding tert-OH is 1. The second kappa shape index (κ2) is 7.68. The minimum atomic E-state index is -0.153. The molecular formula is C22H29N3O3. The zero-order valence-electron chi connectivity index (χ0n) is 16.6. The number of ether oxygens (including phenoxy) is 1. The minimum Gasteiger partial charge on any atom is -0.396 e. The van der Waals surface area contributed by atoms with Crippen molar-refractivity contribution in [3.63, 3.8) is 0 Å². The quantitative estimate of drug-likeness (QED) is 0.851. The molecular weight excluding hydrogens is 354 g/mol. The van der Waals surface area contributed by atoms with Crippen molar-refractivity contribution in [2.24, 2.45) is 5.41 Å². The van der Waals surface area contributed by atoms with E-state index in [0.29, 0.717) is 25.2 Å². The van der Waals surface area contributed by atoms with Crippen molar-refractivity contribution in [3.8, 4) is 0 Å². The van der Waals surface area contributed by atoms with Gasteiger partial charge in [-0.1, -0.05) is 30.3 Å². The average molecular weight is 383 g/mol. The first-order valence-electron chi connectivity index (χ1n) is 10.2. The molecule has 0 aliphatic carbocycles. The fourth-order valence-electron chi connectivity index (χ4n) is 4.60. The SMILES string of the molecule is C[C@@H]1Cc2c(C(=O)N3CCC(CO)(Cc4ccccc4)CC3)n[nH]c2[C@H](C)O1. The van der Waals surface area contributed by atoms with Crippen LogP contribution in [0.1, 0.15) is 60.1 Å². The van der Waals surface area contributed by atoms with Crippen molar-refractivity contribution in [1.29, 1.82) is 0 Å². The van der Waals surface area contributed by atoms with Crippen LogP contribution in [0.3, 0.4) is 0 Å². The Morgan fingerprint density at radius 2 is 2.00 bits per heavy atom. The van der Waals surface area contributed by atoms with E-state index in [1.54, 1.807) is 0 Å². The summed E-state index contributed by atoms with van der Waals surface area (Å²) in [5.74, 6) is -0.00921. The highest BCUT2D eigenvalue weighted by atomic mass is 16.5. The molecule has 1 amide bonds. The number of aliphatic hydroxyl groups is 1. The fourth-order valence-corrected chi connectivity index (χ4v) is 4.60. The number of likely N-dealkylation sites (tertiary alicyclic amines) is 1. The van der Waals surface area contributed by atoms with E-state index < -0.39 is 0 Å². The summed E-state index contributed by atoms with van der Waals surface area (Å²) in [5, 5.41) is 17.4. The maximum absolute atomic E-state index is 13.1. The molecule has 0 unspecified atom stereocenters. The molecule has 1 fully saturated rings. The number of benzene rings is 1. The van der Waals surface area contributed by atoms with Crippen LogP contribution in [0.15, 0.2) is 30.3 Å². The fraction of sp³-hybridized carbons (Fsp3) is 0.545. The molecule has 2 atom stereocenters. The van der Waals surface area contributed by atoms with Gasteiger partial charge in [0.15, 0.2) is 5.69 Å². The Kier molecular flexibility index (Phi) is 5.25. The highest BCUT2D eigenvalue weighted by Crippen LogP contribution is 2.36. The van der Waals surface area contributed by atoms with Crippen molar-refractivity contribution in [2.45, 2.75) is 51.7 Å². The van der Waals surface area contributed by atoms with Crippen molar-refractivity contribution >= 4 is 5.91 Å². The van der Waals surface area contributed by atoms with E-state index in [1.807, 2.05) is 36.9 Å². The van der Waals surface area contributed by atoms with E-state index in [1.165, 1.54) is 5.56 Å². The molecule has 6 nitrogen and oxygen atoms in total. The maximum atomic E-state index is 13.1. The molecule has 0 radical (unpaired) electrons. The second-order valence-electron chi connectivity index (χ2n) is 8.37. The number of aromatic amines is 1. The Hall–Kier alpha value is -2.18. The van der Waals surface area contributed by atoms with Gasteiger partial charge in [-0.3, -0.25) is 9.89 Å². The second-order valence-corrected chi connectivity index (χ2v) is 8.37. The summed E-state index contributed by atoms with van der Waals surface area (Å²) in [6.07, 6.45) is 3.17. The lowest BCUT2D eigenvalue weighted by molar-refractivity contribution is -0.00708. The third-order valence-electron chi connectivity index (χ3n) is 6.30. The van der Waals surface area contributed by atoms with E-state index >= 15 is 0 Å². The summed E-state index contributed by atoms with van der Waals surface area (Å²) in [5.41, 5.74) is 3.55. The summed E-state index contributed by atoms with van der Waals surface area (Å²) in [7, 11) is 0. The number of rotatable bonds is 4. The molecule has 1 aromatic carbocycles. The number of nitrogens with one attached hydrogen (secondary N) is 1. The van der Waals surface area contributed by atoms with Crippen LogP contribution in [0.5, 0.6) is 0 Å². The lowest BCUT2D eigenvalue weighted by Crippen LogP contribution is -2.46. The molecule has 0 saturated carbocycles. The molecule has 2 aliphatic heterocycles. The van der Waals surface area contributed by atoms with Crippen LogP contribution < -0.4 is 0 Å². The van der Waals surface area contributed by atoms with Crippen LogP contribution >= 0.6 is 0 Å². The number of nitrogens with zero attached hydrogens (tertiary/aromatic N) is 2. The van der Waals surface area contributed by atoms with Gasteiger partial charge in [-0.2, -0.15) is 5.10 Å². The molecule has 150 valence electrons. The number of H-pyrrole nitrogens is 1. The smallest absolute Gasteiger partial charge is 0.274 e. The molecule has 0 bridgehead atoms. The number of fused-ring (bicyclic) bond motifs is 1. The molecule has 1 aromatic heterocycles. The predicted octanol–water partition coefficient (Wildman–Crippen LogP) is 2.89. The normalized spacial score (nSPS) is 24.0. The van der Waals surface area contributed by atoms with Crippen molar-refractivity contribution in [1.82, 2.24) is 15.1 Å². The van der Waals surface area contributed by atoms with Crippen LogP contribution in [0.25, 0.3) is 0 Å². The topological polar surface area (TPSA) is 78.5 Å². The van der Waals surface area contributed by atoms with Crippen LogP contribution in [0, 0.1) is 5.41 Å². The molecule has 4 rings (SSSR count). The molecule has 0 spiro atoms. The lowest BCUT2D eigenvalue weighted by Gasteiger charge is -2.41. The Bertz CT molecular complexity index is 825. The lowest BCUT2D eigenvalue weighted by atomic mass is 9.74. The summed E-state index contributed by atoms with van der Waals surface area (Å²) in [6, 6.07) is 10.3. The first kappa shape index (κ1) is 19.2. The Morgan fingerprint density at radius 3 is 2.68 bits per heavy atom. The van der Waals surface area contributed by atoms with Crippen LogP contribution in [-0.2, 0) is 17.6 Å². The molecule has 2 N–H and O–H groups in total.